The lowest BCUT2D eigenvalue weighted by atomic mass is 10.1. The quantitative estimate of drug-likeness (QED) is 0.419. The van der Waals surface area contributed by atoms with Crippen LogP contribution in [0.25, 0.3) is 0 Å². The van der Waals surface area contributed by atoms with E-state index in [4.69, 9.17) is 9.47 Å². The first kappa shape index (κ1) is 19.8. The third-order valence-electron chi connectivity index (χ3n) is 4.18. The summed E-state index contributed by atoms with van der Waals surface area (Å²) >= 11 is 0. The number of nitrogens with zero attached hydrogens (tertiary/aromatic N) is 1. The van der Waals surface area contributed by atoms with Gasteiger partial charge in [-0.05, 0) is 25.7 Å². The molecule has 1 heterocycles. The predicted octanol–water partition coefficient (Wildman–Crippen LogP) is 4.29. The van der Waals surface area contributed by atoms with Gasteiger partial charge >= 0.3 is 12.1 Å². The minimum Gasteiger partial charge on any atom is -0.464 e. The van der Waals surface area contributed by atoms with Gasteiger partial charge in [0.05, 0.1) is 13.2 Å². The highest BCUT2D eigenvalue weighted by Crippen LogP contribution is 2.20. The number of carbonyl (C=O) groups is 2. The summed E-state index contributed by atoms with van der Waals surface area (Å²) in [5.74, 6) is -0.276. The zero-order valence-electron chi connectivity index (χ0n) is 14.8. The molecule has 0 N–H and O–H groups in total. The first-order valence-electron chi connectivity index (χ1n) is 9.30. The van der Waals surface area contributed by atoms with Gasteiger partial charge in [0.25, 0.3) is 0 Å². The molecule has 0 bridgehead atoms. The Morgan fingerprint density at radius 2 is 1.61 bits per heavy atom. The van der Waals surface area contributed by atoms with Gasteiger partial charge in [-0.25, -0.2) is 9.59 Å². The molecule has 134 valence electrons. The number of ether oxygens (including phenoxy) is 2. The molecule has 1 rings (SSSR count). The van der Waals surface area contributed by atoms with Crippen LogP contribution < -0.4 is 0 Å². The fourth-order valence-electron chi connectivity index (χ4n) is 2.83. The summed E-state index contributed by atoms with van der Waals surface area (Å²) in [6.07, 6.45) is 10.3. The molecule has 1 saturated heterocycles. The van der Waals surface area contributed by atoms with Gasteiger partial charge < -0.3 is 9.47 Å². The Kier molecular flexibility index (Phi) is 10.5. The highest BCUT2D eigenvalue weighted by Gasteiger charge is 2.36. The maximum absolute atomic E-state index is 12.1. The Morgan fingerprint density at radius 1 is 0.913 bits per heavy atom. The van der Waals surface area contributed by atoms with Crippen LogP contribution in [0.15, 0.2) is 0 Å². The van der Waals surface area contributed by atoms with Crippen molar-refractivity contribution in [3.05, 3.63) is 0 Å². The monoisotopic (exact) mass is 327 g/mol. The van der Waals surface area contributed by atoms with Crippen molar-refractivity contribution in [3.8, 4) is 0 Å². The van der Waals surface area contributed by atoms with Gasteiger partial charge in [0.2, 0.25) is 0 Å². The van der Waals surface area contributed by atoms with Crippen molar-refractivity contribution in [3.63, 3.8) is 0 Å². The molecule has 0 aromatic carbocycles. The van der Waals surface area contributed by atoms with E-state index in [0.717, 1.165) is 25.7 Å². The lowest BCUT2D eigenvalue weighted by molar-refractivity contribution is -0.148. The average Bonchev–Trinajstić information content (AvgIpc) is 3.04. The van der Waals surface area contributed by atoms with Gasteiger partial charge in [-0.1, -0.05) is 52.4 Å². The lowest BCUT2D eigenvalue weighted by Crippen LogP contribution is -2.41. The summed E-state index contributed by atoms with van der Waals surface area (Å²) < 4.78 is 10.5. The highest BCUT2D eigenvalue weighted by atomic mass is 16.6. The summed E-state index contributed by atoms with van der Waals surface area (Å²) in [6.45, 7) is 5.60. The fourth-order valence-corrected chi connectivity index (χ4v) is 2.83. The van der Waals surface area contributed by atoms with E-state index in [9.17, 15) is 9.59 Å². The van der Waals surface area contributed by atoms with Gasteiger partial charge in [0.1, 0.15) is 6.04 Å². The van der Waals surface area contributed by atoms with Crippen LogP contribution in [0.5, 0.6) is 0 Å². The van der Waals surface area contributed by atoms with Crippen molar-refractivity contribution in [1.29, 1.82) is 0 Å². The molecule has 1 unspecified atom stereocenters. The summed E-state index contributed by atoms with van der Waals surface area (Å²) in [5.41, 5.74) is 0. The Bertz CT molecular complexity index is 346. The van der Waals surface area contributed by atoms with Crippen LogP contribution in [-0.2, 0) is 14.3 Å². The molecule has 0 aromatic rings. The van der Waals surface area contributed by atoms with Crippen LogP contribution in [0.4, 0.5) is 4.79 Å². The molecule has 5 nitrogen and oxygen atoms in total. The van der Waals surface area contributed by atoms with E-state index in [2.05, 4.69) is 6.92 Å². The van der Waals surface area contributed by atoms with Gasteiger partial charge in [-0.3, -0.25) is 4.90 Å². The van der Waals surface area contributed by atoms with Crippen LogP contribution in [0.3, 0.4) is 0 Å². The summed E-state index contributed by atoms with van der Waals surface area (Å²) in [6, 6.07) is -0.455. The standard InChI is InChI=1S/C18H33NO4/c1-3-5-6-7-8-9-10-15-22-17(20)16-12-11-13-19(16)18(21)23-14-4-2/h16H,3-15H2,1-2H3. The smallest absolute Gasteiger partial charge is 0.410 e. The van der Waals surface area contributed by atoms with Crippen molar-refractivity contribution in [1.82, 2.24) is 4.90 Å². The minimum atomic E-state index is -0.455. The van der Waals surface area contributed by atoms with Crippen molar-refractivity contribution < 1.29 is 19.1 Å². The molecule has 1 atom stereocenters. The molecule has 0 aromatic heterocycles. The zero-order valence-corrected chi connectivity index (χ0v) is 14.8. The second-order valence-electron chi connectivity index (χ2n) is 6.25. The van der Waals surface area contributed by atoms with Crippen LogP contribution in [0.2, 0.25) is 0 Å². The van der Waals surface area contributed by atoms with Crippen LogP contribution in [-0.4, -0.2) is 42.8 Å². The van der Waals surface area contributed by atoms with E-state index in [1.165, 1.54) is 37.0 Å². The summed E-state index contributed by atoms with van der Waals surface area (Å²) in [5, 5.41) is 0. The van der Waals surface area contributed by atoms with E-state index < -0.39 is 6.04 Å². The zero-order chi connectivity index (χ0) is 16.9. The van der Waals surface area contributed by atoms with Crippen molar-refractivity contribution in [2.45, 2.75) is 84.1 Å². The Morgan fingerprint density at radius 3 is 2.30 bits per heavy atom. The summed E-state index contributed by atoms with van der Waals surface area (Å²) in [7, 11) is 0. The third kappa shape index (κ3) is 7.71. The second kappa shape index (κ2) is 12.2. The molecule has 1 aliphatic heterocycles. The van der Waals surface area contributed by atoms with E-state index in [-0.39, 0.29) is 12.1 Å². The fraction of sp³-hybridized carbons (Fsp3) is 0.889. The van der Waals surface area contributed by atoms with E-state index in [0.29, 0.717) is 26.2 Å². The number of unbranched alkanes of at least 4 members (excludes halogenated alkanes) is 6. The molecular formula is C18H33NO4. The van der Waals surface area contributed by atoms with E-state index >= 15 is 0 Å². The van der Waals surface area contributed by atoms with Gasteiger partial charge in [-0.15, -0.1) is 0 Å². The molecule has 0 aliphatic carbocycles. The largest absolute Gasteiger partial charge is 0.464 e. The number of hydrogen-bond acceptors (Lipinski definition) is 4. The van der Waals surface area contributed by atoms with Crippen molar-refractivity contribution in [2.75, 3.05) is 19.8 Å². The van der Waals surface area contributed by atoms with E-state index in [1.54, 1.807) is 0 Å². The Hall–Kier alpha value is -1.26. The predicted molar refractivity (Wildman–Crippen MR) is 90.3 cm³/mol. The topological polar surface area (TPSA) is 55.8 Å². The molecule has 0 saturated carbocycles. The molecule has 1 aliphatic rings. The molecule has 1 fully saturated rings. The number of esters is 1. The molecule has 0 radical (unpaired) electrons. The molecule has 5 heteroatoms. The number of likely N-dealkylation sites (tertiary alicyclic amines) is 1. The van der Waals surface area contributed by atoms with Crippen molar-refractivity contribution >= 4 is 12.1 Å². The maximum Gasteiger partial charge on any atom is 0.410 e. The number of amides is 1. The minimum absolute atomic E-state index is 0.276. The molecule has 23 heavy (non-hydrogen) atoms. The van der Waals surface area contributed by atoms with Crippen molar-refractivity contribution in [2.24, 2.45) is 0 Å². The Labute approximate surface area is 140 Å². The normalized spacial score (nSPS) is 17.3. The summed E-state index contributed by atoms with van der Waals surface area (Å²) in [4.78, 5) is 25.6. The maximum atomic E-state index is 12.1. The van der Waals surface area contributed by atoms with Crippen LogP contribution >= 0.6 is 0 Å². The Balaban J connectivity index is 2.16. The average molecular weight is 327 g/mol. The van der Waals surface area contributed by atoms with Gasteiger partial charge in [-0.2, -0.15) is 0 Å². The highest BCUT2D eigenvalue weighted by molar-refractivity contribution is 5.82. The van der Waals surface area contributed by atoms with Gasteiger partial charge in [0.15, 0.2) is 0 Å². The first-order chi connectivity index (χ1) is 11.2. The SMILES string of the molecule is CCCCCCCCCOC(=O)C1CCCN1C(=O)OCCC. The van der Waals surface area contributed by atoms with Gasteiger partial charge in [0, 0.05) is 6.54 Å². The lowest BCUT2D eigenvalue weighted by Gasteiger charge is -2.22. The third-order valence-corrected chi connectivity index (χ3v) is 4.18. The molecular weight excluding hydrogens is 294 g/mol. The first-order valence-corrected chi connectivity index (χ1v) is 9.30. The molecule has 0 spiro atoms. The number of carbonyl (C=O) groups excluding carboxylic acids is 2. The number of rotatable bonds is 11. The van der Waals surface area contributed by atoms with Crippen LogP contribution in [0.1, 0.15) is 78.1 Å². The van der Waals surface area contributed by atoms with E-state index in [1.807, 2.05) is 6.92 Å². The molecule has 1 amide bonds. The number of hydrogen-bond donors (Lipinski definition) is 0. The second-order valence-corrected chi connectivity index (χ2v) is 6.25. The van der Waals surface area contributed by atoms with Crippen LogP contribution in [0, 0.1) is 0 Å².